The average molecular weight is 320 g/mol. The van der Waals surface area contributed by atoms with E-state index < -0.39 is 11.9 Å². The predicted octanol–water partition coefficient (Wildman–Crippen LogP) is 0.364. The van der Waals surface area contributed by atoms with E-state index in [-0.39, 0.29) is 0 Å². The molecule has 0 aliphatic carbocycles. The maximum absolute atomic E-state index is 9.41. The topological polar surface area (TPSA) is 109 Å². The van der Waals surface area contributed by atoms with Gasteiger partial charge in [0, 0.05) is 22.7 Å². The first-order valence-corrected chi connectivity index (χ1v) is 7.46. The molecule has 1 N–H and O–H groups in total. The van der Waals surface area contributed by atoms with Crippen LogP contribution in [-0.4, -0.2) is 21.9 Å². The number of nitrogens with zero attached hydrogens (tertiary/aromatic N) is 1. The van der Waals surface area contributed by atoms with Crippen LogP contribution in [0.5, 0.6) is 0 Å². The number of nitrogens with one attached hydrogen (secondary N) is 1. The highest BCUT2D eigenvalue weighted by molar-refractivity contribution is 7.10. The first-order valence-electron chi connectivity index (χ1n) is 6.58. The molecule has 1 atom stereocenters. The van der Waals surface area contributed by atoms with Gasteiger partial charge in [0.2, 0.25) is 0 Å². The number of rotatable bonds is 5. The molecule has 0 spiro atoms. The summed E-state index contributed by atoms with van der Waals surface area (Å²) >= 11 is 1.83. The Morgan fingerprint density at radius 1 is 1.36 bits per heavy atom. The summed E-state index contributed by atoms with van der Waals surface area (Å²) in [6, 6.07) is 2.18. The molecule has 0 saturated carbocycles. The number of aromatic nitrogens is 2. The monoisotopic (exact) mass is 320 g/mol. The number of carbonyl (C=O) groups excluding carboxylic acids is 2. The Hall–Kier alpha value is -2.41. The van der Waals surface area contributed by atoms with Crippen LogP contribution in [0.4, 0.5) is 0 Å². The van der Waals surface area contributed by atoms with Crippen LogP contribution in [0.15, 0.2) is 36.1 Å². The number of hydrogen-bond acceptors (Lipinski definition) is 6. The van der Waals surface area contributed by atoms with E-state index >= 15 is 0 Å². The highest BCUT2D eigenvalue weighted by Gasteiger charge is 2.16. The van der Waals surface area contributed by atoms with Gasteiger partial charge in [-0.15, -0.1) is 11.3 Å². The lowest BCUT2D eigenvalue weighted by molar-refractivity contribution is -0.301. The molecule has 7 heteroatoms. The molecular weight excluding hydrogens is 304 g/mol. The molecule has 2 rings (SSSR count). The fraction of sp³-hybridized carbons (Fsp3) is 0.267. The van der Waals surface area contributed by atoms with E-state index in [2.05, 4.69) is 35.3 Å². The summed E-state index contributed by atoms with van der Waals surface area (Å²) in [4.78, 5) is 27.6. The van der Waals surface area contributed by atoms with E-state index in [4.69, 9.17) is 0 Å². The minimum atomic E-state index is -1.55. The van der Waals surface area contributed by atoms with Crippen molar-refractivity contribution >= 4 is 23.3 Å². The number of thiophene rings is 1. The predicted molar refractivity (Wildman–Crippen MR) is 78.9 cm³/mol. The van der Waals surface area contributed by atoms with Crippen LogP contribution in [0.2, 0.25) is 0 Å². The fourth-order valence-corrected chi connectivity index (χ4v) is 3.01. The summed E-state index contributed by atoms with van der Waals surface area (Å²) < 4.78 is 0. The molecule has 1 unspecified atom stereocenters. The third kappa shape index (κ3) is 5.53. The average Bonchev–Trinajstić information content (AvgIpc) is 3.11. The van der Waals surface area contributed by atoms with Gasteiger partial charge in [0.15, 0.2) is 0 Å². The summed E-state index contributed by atoms with van der Waals surface area (Å²) in [5.41, 5.74) is 2.61. The third-order valence-electron chi connectivity index (χ3n) is 2.88. The maximum atomic E-state index is 9.41. The first-order chi connectivity index (χ1) is 10.5. The zero-order chi connectivity index (χ0) is 16.5. The minimum absolute atomic E-state index is 0.384. The van der Waals surface area contributed by atoms with Gasteiger partial charge in [-0.25, -0.2) is 4.98 Å². The second-order valence-electron chi connectivity index (χ2n) is 4.41. The molecule has 0 radical (unpaired) electrons. The Morgan fingerprint density at radius 3 is 2.36 bits per heavy atom. The number of carbonyl (C=O) groups is 2. The summed E-state index contributed by atoms with van der Waals surface area (Å²) in [5, 5.41) is 21.0. The van der Waals surface area contributed by atoms with Crippen molar-refractivity contribution in [3.05, 3.63) is 52.3 Å². The molecular formula is C15H16N2O4S-2. The van der Waals surface area contributed by atoms with Crippen molar-refractivity contribution in [3.63, 3.8) is 0 Å². The van der Waals surface area contributed by atoms with Gasteiger partial charge in [-0.2, -0.15) is 0 Å². The molecule has 0 amide bonds. The van der Waals surface area contributed by atoms with Gasteiger partial charge in [-0.3, -0.25) is 0 Å². The van der Waals surface area contributed by atoms with E-state index in [9.17, 15) is 19.8 Å². The summed E-state index contributed by atoms with van der Waals surface area (Å²) in [7, 11) is 0. The van der Waals surface area contributed by atoms with Gasteiger partial charge in [-0.1, -0.05) is 6.92 Å². The quantitative estimate of drug-likeness (QED) is 0.800. The highest BCUT2D eigenvalue weighted by Crippen LogP contribution is 2.32. The summed E-state index contributed by atoms with van der Waals surface area (Å²) in [6.07, 6.45) is 5.56. The Labute approximate surface area is 132 Å². The zero-order valence-corrected chi connectivity index (χ0v) is 13.1. The van der Waals surface area contributed by atoms with Crippen LogP contribution in [0, 0.1) is 6.92 Å². The van der Waals surface area contributed by atoms with Crippen molar-refractivity contribution in [2.75, 3.05) is 0 Å². The Kier molecular flexibility index (Phi) is 7.04. The van der Waals surface area contributed by atoms with Crippen molar-refractivity contribution in [3.8, 4) is 0 Å². The smallest absolute Gasteiger partial charge is 0.0921 e. The van der Waals surface area contributed by atoms with E-state index in [1.54, 1.807) is 6.33 Å². The van der Waals surface area contributed by atoms with Crippen molar-refractivity contribution < 1.29 is 19.8 Å². The van der Waals surface area contributed by atoms with E-state index in [0.29, 0.717) is 18.1 Å². The van der Waals surface area contributed by atoms with Crippen molar-refractivity contribution in [1.29, 1.82) is 0 Å². The lowest BCUT2D eigenvalue weighted by atomic mass is 9.99. The van der Waals surface area contributed by atoms with Crippen LogP contribution in [0.3, 0.4) is 0 Å². The van der Waals surface area contributed by atoms with Crippen LogP contribution in [-0.2, 0) is 9.59 Å². The first kappa shape index (κ1) is 17.6. The molecule has 0 aliphatic heterocycles. The zero-order valence-electron chi connectivity index (χ0n) is 12.2. The van der Waals surface area contributed by atoms with Gasteiger partial charge < -0.3 is 24.8 Å². The van der Waals surface area contributed by atoms with Gasteiger partial charge >= 0.3 is 0 Å². The molecule has 0 aromatic carbocycles. The third-order valence-corrected chi connectivity index (χ3v) is 4.01. The van der Waals surface area contributed by atoms with E-state index in [1.165, 1.54) is 16.1 Å². The Morgan fingerprint density at radius 2 is 2.00 bits per heavy atom. The highest BCUT2D eigenvalue weighted by atomic mass is 32.1. The molecule has 118 valence electrons. The second-order valence-corrected chi connectivity index (χ2v) is 5.35. The number of hydrogen-bond donors (Lipinski definition) is 1. The minimum Gasteiger partial charge on any atom is -0.545 e. The molecule has 0 bridgehead atoms. The number of H-pyrrole nitrogens is 1. The van der Waals surface area contributed by atoms with Crippen LogP contribution < -0.4 is 10.2 Å². The molecule has 0 fully saturated rings. The Balaban J connectivity index is 0.000000261. The standard InChI is InChI=1S/C11H14N2S.C4H4O4/c1-3-9(10-6-12-7-13-10)11-8(2)4-5-14-11;5-3(6)1-2-4(7)8/h4-7,9H,3H2,1-2H3,(H,12,13);1-2H,(H,5,6)(H,7,8)/p-2/b;2-1+. The molecule has 6 nitrogen and oxygen atoms in total. The maximum Gasteiger partial charge on any atom is 0.0921 e. The van der Waals surface area contributed by atoms with Crippen molar-refractivity contribution in [1.82, 2.24) is 9.97 Å². The van der Waals surface area contributed by atoms with Gasteiger partial charge in [-0.05, 0) is 42.5 Å². The van der Waals surface area contributed by atoms with Crippen LogP contribution in [0.1, 0.15) is 35.4 Å². The lowest BCUT2D eigenvalue weighted by Crippen LogP contribution is -2.23. The molecule has 22 heavy (non-hydrogen) atoms. The fourth-order valence-electron chi connectivity index (χ4n) is 1.88. The Bertz CT molecular complexity index is 616. The van der Waals surface area contributed by atoms with Crippen LogP contribution in [0.25, 0.3) is 0 Å². The number of imidazole rings is 1. The summed E-state index contributed by atoms with van der Waals surface area (Å²) in [5.74, 6) is -2.61. The second kappa shape index (κ2) is 8.78. The number of carboxylic acids is 2. The number of aryl methyl sites for hydroxylation is 1. The van der Waals surface area contributed by atoms with Gasteiger partial charge in [0.05, 0.1) is 18.3 Å². The van der Waals surface area contributed by atoms with Crippen LogP contribution >= 0.6 is 11.3 Å². The number of aliphatic carboxylic acids is 2. The summed E-state index contributed by atoms with van der Waals surface area (Å²) in [6.45, 7) is 4.38. The van der Waals surface area contributed by atoms with Crippen molar-refractivity contribution in [2.24, 2.45) is 0 Å². The van der Waals surface area contributed by atoms with Gasteiger partial charge in [0.1, 0.15) is 0 Å². The number of aromatic amines is 1. The molecule has 2 aromatic heterocycles. The molecule has 0 saturated heterocycles. The van der Waals surface area contributed by atoms with E-state index in [0.717, 1.165) is 6.42 Å². The van der Waals surface area contributed by atoms with Gasteiger partial charge in [0.25, 0.3) is 0 Å². The van der Waals surface area contributed by atoms with Crippen molar-refractivity contribution in [2.45, 2.75) is 26.2 Å². The van der Waals surface area contributed by atoms with E-state index in [1.807, 2.05) is 17.5 Å². The normalized spacial score (nSPS) is 11.7. The SMILES string of the molecule is CCC(c1cnc[nH]1)c1sccc1C.O=C([O-])/C=C/C(=O)[O-]. The molecule has 2 aromatic rings. The largest absolute Gasteiger partial charge is 0.545 e. The molecule has 2 heterocycles. The number of carboxylic acid groups (broad SMARTS) is 2. The molecule has 0 aliphatic rings. The lowest BCUT2D eigenvalue weighted by Gasteiger charge is -2.11.